The Bertz CT molecular complexity index is 533. The molecule has 0 bridgehead atoms. The molecule has 7 heteroatoms. The predicted octanol–water partition coefficient (Wildman–Crippen LogP) is 1.52. The topological polar surface area (TPSA) is 87.2 Å². The number of sulfonamides is 1. The summed E-state index contributed by atoms with van der Waals surface area (Å²) in [5, 5.41) is 9.39. The molecule has 1 aromatic heterocycles. The van der Waals surface area contributed by atoms with Crippen LogP contribution in [0, 0.1) is 5.41 Å². The van der Waals surface area contributed by atoms with E-state index in [-0.39, 0.29) is 11.2 Å². The lowest BCUT2D eigenvalue weighted by atomic mass is 9.76. The summed E-state index contributed by atoms with van der Waals surface area (Å²) in [5.41, 5.74) is -0.347. The Labute approximate surface area is 120 Å². The van der Waals surface area contributed by atoms with Gasteiger partial charge in [-0.3, -0.25) is 4.68 Å². The standard InChI is InChI=1S/C13H23N3O3S/c1-2-16-9-12(8-15-16)19-10-13(11-20(14,17)18)6-4-3-5-7-13/h8-9H,2-7,10-11H2,1H3,(H2,14,17,18). The van der Waals surface area contributed by atoms with Crippen LogP contribution < -0.4 is 9.88 Å². The fraction of sp³-hybridized carbons (Fsp3) is 0.769. The first-order chi connectivity index (χ1) is 9.42. The van der Waals surface area contributed by atoms with E-state index in [0.717, 1.165) is 38.6 Å². The lowest BCUT2D eigenvalue weighted by molar-refractivity contribution is 0.118. The molecule has 114 valence electrons. The van der Waals surface area contributed by atoms with E-state index in [2.05, 4.69) is 5.10 Å². The molecule has 2 N–H and O–H groups in total. The van der Waals surface area contributed by atoms with Crippen LogP contribution in [0.2, 0.25) is 0 Å². The van der Waals surface area contributed by atoms with Gasteiger partial charge in [-0.25, -0.2) is 13.6 Å². The Morgan fingerprint density at radius 3 is 2.65 bits per heavy atom. The van der Waals surface area contributed by atoms with Crippen molar-refractivity contribution in [2.24, 2.45) is 10.6 Å². The van der Waals surface area contributed by atoms with Crippen molar-refractivity contribution in [3.05, 3.63) is 12.4 Å². The van der Waals surface area contributed by atoms with E-state index in [1.807, 2.05) is 13.1 Å². The summed E-state index contributed by atoms with van der Waals surface area (Å²) in [5.74, 6) is 0.688. The molecule has 1 heterocycles. The van der Waals surface area contributed by atoms with Gasteiger partial charge in [0.15, 0.2) is 5.75 Å². The molecule has 6 nitrogen and oxygen atoms in total. The number of hydrogen-bond donors (Lipinski definition) is 1. The van der Waals surface area contributed by atoms with Crippen LogP contribution in [0.5, 0.6) is 5.75 Å². The molecule has 0 unspecified atom stereocenters. The van der Waals surface area contributed by atoms with E-state index in [1.165, 1.54) is 0 Å². The maximum absolute atomic E-state index is 11.5. The fourth-order valence-corrected chi connectivity index (χ4v) is 4.11. The summed E-state index contributed by atoms with van der Waals surface area (Å²) in [6.07, 6.45) is 8.42. The van der Waals surface area contributed by atoms with Gasteiger partial charge in [0, 0.05) is 12.0 Å². The molecule has 20 heavy (non-hydrogen) atoms. The SMILES string of the molecule is CCn1cc(OCC2(CS(N)(=O)=O)CCCCC2)cn1. The first-order valence-electron chi connectivity index (χ1n) is 7.08. The van der Waals surface area contributed by atoms with Crippen LogP contribution in [0.1, 0.15) is 39.0 Å². The van der Waals surface area contributed by atoms with Crippen LogP contribution >= 0.6 is 0 Å². The number of aromatic nitrogens is 2. The van der Waals surface area contributed by atoms with E-state index in [0.29, 0.717) is 12.4 Å². The number of nitrogens with two attached hydrogens (primary N) is 1. The second-order valence-electron chi connectivity index (χ2n) is 5.69. The largest absolute Gasteiger partial charge is 0.490 e. The molecule has 0 radical (unpaired) electrons. The van der Waals surface area contributed by atoms with E-state index in [4.69, 9.17) is 9.88 Å². The zero-order chi connectivity index (χ0) is 14.6. The lowest BCUT2D eigenvalue weighted by Gasteiger charge is -2.35. The Balaban J connectivity index is 2.03. The van der Waals surface area contributed by atoms with E-state index < -0.39 is 10.0 Å². The number of hydrogen-bond acceptors (Lipinski definition) is 4. The quantitative estimate of drug-likeness (QED) is 0.863. The van der Waals surface area contributed by atoms with Crippen LogP contribution in [0.15, 0.2) is 12.4 Å². The van der Waals surface area contributed by atoms with Gasteiger partial charge in [0.05, 0.1) is 24.8 Å². The minimum absolute atomic E-state index is 0.00190. The molecule has 0 amide bonds. The van der Waals surface area contributed by atoms with Gasteiger partial charge >= 0.3 is 0 Å². The number of rotatable bonds is 6. The van der Waals surface area contributed by atoms with E-state index >= 15 is 0 Å². The van der Waals surface area contributed by atoms with Crippen LogP contribution in [-0.2, 0) is 16.6 Å². The third-order valence-electron chi connectivity index (χ3n) is 3.90. The molecule has 2 rings (SSSR count). The average Bonchev–Trinajstić information content (AvgIpc) is 2.83. The molecular formula is C13H23N3O3S. The Morgan fingerprint density at radius 1 is 1.40 bits per heavy atom. The average molecular weight is 301 g/mol. The van der Waals surface area contributed by atoms with Crippen molar-refractivity contribution >= 4 is 10.0 Å². The summed E-state index contributed by atoms with van der Waals surface area (Å²) in [4.78, 5) is 0. The molecule has 0 spiro atoms. The molecule has 0 saturated heterocycles. The first-order valence-corrected chi connectivity index (χ1v) is 8.80. The molecular weight excluding hydrogens is 278 g/mol. The maximum atomic E-state index is 11.5. The van der Waals surface area contributed by atoms with Gasteiger partial charge in [-0.05, 0) is 19.8 Å². The van der Waals surface area contributed by atoms with Crippen molar-refractivity contribution in [1.82, 2.24) is 9.78 Å². The molecule has 1 saturated carbocycles. The van der Waals surface area contributed by atoms with Gasteiger partial charge in [-0.2, -0.15) is 5.10 Å². The Kier molecular flexibility index (Phi) is 4.70. The molecule has 0 aromatic carbocycles. The highest BCUT2D eigenvalue weighted by molar-refractivity contribution is 7.89. The Hall–Kier alpha value is -1.08. The monoisotopic (exact) mass is 301 g/mol. The highest BCUT2D eigenvalue weighted by Gasteiger charge is 2.36. The maximum Gasteiger partial charge on any atom is 0.209 e. The highest BCUT2D eigenvalue weighted by Crippen LogP contribution is 2.37. The van der Waals surface area contributed by atoms with Crippen molar-refractivity contribution in [3.8, 4) is 5.75 Å². The fourth-order valence-electron chi connectivity index (χ4n) is 2.89. The lowest BCUT2D eigenvalue weighted by Crippen LogP contribution is -2.40. The number of nitrogens with zero attached hydrogens (tertiary/aromatic N) is 2. The normalized spacial score (nSPS) is 18.9. The summed E-state index contributed by atoms with van der Waals surface area (Å²) in [7, 11) is -3.49. The molecule has 1 fully saturated rings. The molecule has 0 atom stereocenters. The van der Waals surface area contributed by atoms with Crippen molar-refractivity contribution in [3.63, 3.8) is 0 Å². The predicted molar refractivity (Wildman–Crippen MR) is 76.9 cm³/mol. The number of primary sulfonamides is 1. The minimum atomic E-state index is -3.49. The van der Waals surface area contributed by atoms with Crippen molar-refractivity contribution in [2.75, 3.05) is 12.4 Å². The molecule has 0 aliphatic heterocycles. The van der Waals surface area contributed by atoms with Gasteiger partial charge in [0.25, 0.3) is 0 Å². The summed E-state index contributed by atoms with van der Waals surface area (Å²) < 4.78 is 30.5. The van der Waals surface area contributed by atoms with E-state index in [1.54, 1.807) is 10.9 Å². The third kappa shape index (κ3) is 4.21. The number of aryl methyl sites for hydroxylation is 1. The van der Waals surface area contributed by atoms with Crippen LogP contribution in [0.3, 0.4) is 0 Å². The zero-order valence-electron chi connectivity index (χ0n) is 11.9. The first kappa shape index (κ1) is 15.3. The van der Waals surface area contributed by atoms with Gasteiger partial charge < -0.3 is 4.74 Å². The molecule has 1 aliphatic rings. The van der Waals surface area contributed by atoms with Gasteiger partial charge in [-0.1, -0.05) is 19.3 Å². The van der Waals surface area contributed by atoms with E-state index in [9.17, 15) is 8.42 Å². The minimum Gasteiger partial charge on any atom is -0.490 e. The van der Waals surface area contributed by atoms with Crippen LogP contribution in [0.25, 0.3) is 0 Å². The third-order valence-corrected chi connectivity index (χ3v) is 4.91. The van der Waals surface area contributed by atoms with Crippen molar-refractivity contribution in [2.45, 2.75) is 45.6 Å². The second kappa shape index (κ2) is 6.13. The van der Waals surface area contributed by atoms with Gasteiger partial charge in [0.1, 0.15) is 0 Å². The van der Waals surface area contributed by atoms with Crippen LogP contribution in [0.4, 0.5) is 0 Å². The highest BCUT2D eigenvalue weighted by atomic mass is 32.2. The summed E-state index contributed by atoms with van der Waals surface area (Å²) in [6.45, 7) is 3.17. The second-order valence-corrected chi connectivity index (χ2v) is 7.30. The zero-order valence-corrected chi connectivity index (χ0v) is 12.7. The smallest absolute Gasteiger partial charge is 0.209 e. The summed E-state index contributed by atoms with van der Waals surface area (Å²) >= 11 is 0. The number of ether oxygens (including phenoxy) is 1. The van der Waals surface area contributed by atoms with Crippen LogP contribution in [-0.4, -0.2) is 30.6 Å². The van der Waals surface area contributed by atoms with Gasteiger partial charge in [-0.15, -0.1) is 0 Å². The summed E-state index contributed by atoms with van der Waals surface area (Å²) in [6, 6.07) is 0. The van der Waals surface area contributed by atoms with Crippen molar-refractivity contribution in [1.29, 1.82) is 0 Å². The Morgan fingerprint density at radius 2 is 2.10 bits per heavy atom. The molecule has 1 aliphatic carbocycles. The van der Waals surface area contributed by atoms with Gasteiger partial charge in [0.2, 0.25) is 10.0 Å². The van der Waals surface area contributed by atoms with Crippen molar-refractivity contribution < 1.29 is 13.2 Å². The molecule has 1 aromatic rings.